The summed E-state index contributed by atoms with van der Waals surface area (Å²) in [6.45, 7) is 0. The highest BCUT2D eigenvalue weighted by Crippen LogP contribution is 2.17. The molecule has 0 saturated carbocycles. The topological polar surface area (TPSA) is 74.1 Å². The number of amides is 2. The van der Waals surface area contributed by atoms with Gasteiger partial charge < -0.3 is 0 Å². The average molecular weight is 242 g/mol. The van der Waals surface area contributed by atoms with Gasteiger partial charge in [-0.1, -0.05) is 30.3 Å². The van der Waals surface area contributed by atoms with Crippen molar-refractivity contribution in [2.75, 3.05) is 0 Å². The van der Waals surface area contributed by atoms with E-state index in [9.17, 15) is 9.59 Å². The summed E-state index contributed by atoms with van der Waals surface area (Å²) < 4.78 is 0. The SMILES string of the molecule is O=C1CC(N2N=C(c3ccccc3)CC2=O)=NN1. The smallest absolute Gasteiger partial charge is 0.254 e. The highest BCUT2D eigenvalue weighted by molar-refractivity contribution is 6.20. The highest BCUT2D eigenvalue weighted by atomic mass is 16.2. The summed E-state index contributed by atoms with van der Waals surface area (Å²) in [6.07, 6.45) is 0.328. The molecule has 2 aliphatic rings. The van der Waals surface area contributed by atoms with E-state index < -0.39 is 0 Å². The molecule has 1 N–H and O–H groups in total. The molecule has 2 amide bonds. The number of benzene rings is 1. The molecular formula is C12H10N4O2. The maximum Gasteiger partial charge on any atom is 0.254 e. The summed E-state index contributed by atoms with van der Waals surface area (Å²) in [5.41, 5.74) is 3.91. The van der Waals surface area contributed by atoms with Gasteiger partial charge in [0.2, 0.25) is 5.91 Å². The van der Waals surface area contributed by atoms with Crippen LogP contribution in [0, 0.1) is 0 Å². The zero-order chi connectivity index (χ0) is 12.5. The van der Waals surface area contributed by atoms with Gasteiger partial charge in [-0.15, -0.1) is 0 Å². The van der Waals surface area contributed by atoms with Crippen molar-refractivity contribution in [3.05, 3.63) is 35.9 Å². The van der Waals surface area contributed by atoms with E-state index in [1.165, 1.54) is 5.01 Å². The molecule has 0 spiro atoms. The van der Waals surface area contributed by atoms with Gasteiger partial charge in [0.1, 0.15) is 0 Å². The Morgan fingerprint density at radius 2 is 1.89 bits per heavy atom. The lowest BCUT2D eigenvalue weighted by Crippen LogP contribution is -2.27. The highest BCUT2D eigenvalue weighted by Gasteiger charge is 2.31. The maximum absolute atomic E-state index is 11.8. The molecule has 0 aromatic heterocycles. The third kappa shape index (κ3) is 1.77. The predicted molar refractivity (Wildman–Crippen MR) is 64.6 cm³/mol. The predicted octanol–water partition coefficient (Wildman–Crippen LogP) is 0.456. The van der Waals surface area contributed by atoms with Gasteiger partial charge in [0.15, 0.2) is 5.84 Å². The second kappa shape index (κ2) is 4.06. The van der Waals surface area contributed by atoms with E-state index in [1.807, 2.05) is 30.3 Å². The Kier molecular flexibility index (Phi) is 2.40. The molecule has 0 saturated heterocycles. The Labute approximate surface area is 103 Å². The zero-order valence-electron chi connectivity index (χ0n) is 9.46. The van der Waals surface area contributed by atoms with Crippen LogP contribution in [-0.4, -0.2) is 28.4 Å². The van der Waals surface area contributed by atoms with Gasteiger partial charge in [-0.2, -0.15) is 15.2 Å². The summed E-state index contributed by atoms with van der Waals surface area (Å²) in [4.78, 5) is 22.9. The van der Waals surface area contributed by atoms with E-state index >= 15 is 0 Å². The standard InChI is InChI=1S/C12H10N4O2/c17-11-7-10(13-14-11)16-12(18)6-9(15-16)8-4-2-1-3-5-8/h1-5H,6-7H2,(H,14,17). The summed E-state index contributed by atoms with van der Waals surface area (Å²) in [5.74, 6) is -0.0267. The molecule has 6 heteroatoms. The monoisotopic (exact) mass is 242 g/mol. The van der Waals surface area contributed by atoms with Crippen LogP contribution < -0.4 is 5.43 Å². The van der Waals surface area contributed by atoms with Crippen LogP contribution in [0.5, 0.6) is 0 Å². The lowest BCUT2D eigenvalue weighted by Gasteiger charge is -2.08. The van der Waals surface area contributed by atoms with E-state index in [-0.39, 0.29) is 24.7 Å². The third-order valence-electron chi connectivity index (χ3n) is 2.76. The Balaban J connectivity index is 1.88. The summed E-state index contributed by atoms with van der Waals surface area (Å²) in [6, 6.07) is 9.49. The first kappa shape index (κ1) is 10.6. The van der Waals surface area contributed by atoms with Crippen molar-refractivity contribution in [1.82, 2.24) is 10.4 Å². The van der Waals surface area contributed by atoms with Crippen LogP contribution in [0.3, 0.4) is 0 Å². The zero-order valence-corrected chi connectivity index (χ0v) is 9.46. The normalized spacial score (nSPS) is 18.8. The Hall–Kier alpha value is -2.50. The van der Waals surface area contributed by atoms with Crippen LogP contribution in [0.15, 0.2) is 40.5 Å². The number of rotatable bonds is 1. The molecular weight excluding hydrogens is 232 g/mol. The number of hydrogen-bond acceptors (Lipinski definition) is 4. The Morgan fingerprint density at radius 1 is 1.11 bits per heavy atom. The van der Waals surface area contributed by atoms with Gasteiger partial charge in [0.25, 0.3) is 5.91 Å². The Morgan fingerprint density at radius 3 is 2.56 bits per heavy atom. The molecule has 0 unspecified atom stereocenters. The molecule has 0 fully saturated rings. The van der Waals surface area contributed by atoms with E-state index in [0.717, 1.165) is 5.56 Å². The number of hydrazone groups is 2. The Bertz CT molecular complexity index is 577. The summed E-state index contributed by atoms with van der Waals surface area (Å²) in [5, 5.41) is 9.23. The van der Waals surface area contributed by atoms with E-state index in [4.69, 9.17) is 0 Å². The lowest BCUT2D eigenvalue weighted by molar-refractivity contribution is -0.125. The van der Waals surface area contributed by atoms with Gasteiger partial charge in [-0.25, -0.2) is 5.43 Å². The van der Waals surface area contributed by atoms with Crippen LogP contribution in [0.4, 0.5) is 0 Å². The van der Waals surface area contributed by atoms with Crippen molar-refractivity contribution in [2.24, 2.45) is 10.2 Å². The lowest BCUT2D eigenvalue weighted by atomic mass is 10.1. The van der Waals surface area contributed by atoms with Crippen LogP contribution in [0.1, 0.15) is 18.4 Å². The average Bonchev–Trinajstić information content (AvgIpc) is 2.97. The number of amidine groups is 1. The van der Waals surface area contributed by atoms with Crippen molar-refractivity contribution in [2.45, 2.75) is 12.8 Å². The molecule has 1 aromatic carbocycles. The second-order valence-electron chi connectivity index (χ2n) is 4.03. The molecule has 2 aliphatic heterocycles. The quantitative estimate of drug-likeness (QED) is 0.776. The number of nitrogens with zero attached hydrogens (tertiary/aromatic N) is 3. The molecule has 90 valence electrons. The minimum absolute atomic E-state index is 0.0946. The number of hydrogen-bond donors (Lipinski definition) is 1. The fourth-order valence-corrected chi connectivity index (χ4v) is 1.89. The number of carbonyl (C=O) groups is 2. The largest absolute Gasteiger partial charge is 0.273 e. The van der Waals surface area contributed by atoms with Crippen LogP contribution in [0.25, 0.3) is 0 Å². The van der Waals surface area contributed by atoms with E-state index in [0.29, 0.717) is 11.5 Å². The molecule has 0 radical (unpaired) electrons. The molecule has 2 heterocycles. The van der Waals surface area contributed by atoms with Crippen molar-refractivity contribution >= 4 is 23.4 Å². The van der Waals surface area contributed by atoms with Gasteiger partial charge in [0.05, 0.1) is 18.6 Å². The van der Waals surface area contributed by atoms with Gasteiger partial charge >= 0.3 is 0 Å². The molecule has 0 atom stereocenters. The minimum Gasteiger partial charge on any atom is -0.273 e. The summed E-state index contributed by atoms with van der Waals surface area (Å²) >= 11 is 0. The molecule has 3 rings (SSSR count). The molecule has 0 aliphatic carbocycles. The van der Waals surface area contributed by atoms with Crippen LogP contribution in [0.2, 0.25) is 0 Å². The van der Waals surface area contributed by atoms with Gasteiger partial charge in [0, 0.05) is 0 Å². The minimum atomic E-state index is -0.221. The number of nitrogens with one attached hydrogen (secondary N) is 1. The molecule has 0 bridgehead atoms. The molecule has 6 nitrogen and oxygen atoms in total. The van der Waals surface area contributed by atoms with E-state index in [1.54, 1.807) is 0 Å². The van der Waals surface area contributed by atoms with Crippen molar-refractivity contribution in [3.63, 3.8) is 0 Å². The van der Waals surface area contributed by atoms with Crippen LogP contribution in [-0.2, 0) is 9.59 Å². The fourth-order valence-electron chi connectivity index (χ4n) is 1.89. The summed E-state index contributed by atoms with van der Waals surface area (Å²) in [7, 11) is 0. The van der Waals surface area contributed by atoms with Crippen LogP contribution >= 0.6 is 0 Å². The van der Waals surface area contributed by atoms with Crippen molar-refractivity contribution in [1.29, 1.82) is 0 Å². The third-order valence-corrected chi connectivity index (χ3v) is 2.76. The van der Waals surface area contributed by atoms with Gasteiger partial charge in [-0.3, -0.25) is 9.59 Å². The number of carbonyl (C=O) groups excluding carboxylic acids is 2. The first-order chi connectivity index (χ1) is 8.74. The van der Waals surface area contributed by atoms with Crippen molar-refractivity contribution in [3.8, 4) is 0 Å². The molecule has 18 heavy (non-hydrogen) atoms. The first-order valence-electron chi connectivity index (χ1n) is 5.55. The van der Waals surface area contributed by atoms with Gasteiger partial charge in [-0.05, 0) is 5.56 Å². The molecule has 1 aromatic rings. The fraction of sp³-hybridized carbons (Fsp3) is 0.167. The maximum atomic E-state index is 11.8. The first-order valence-corrected chi connectivity index (χ1v) is 5.55. The van der Waals surface area contributed by atoms with Crippen molar-refractivity contribution < 1.29 is 9.59 Å². The van der Waals surface area contributed by atoms with E-state index in [2.05, 4.69) is 15.6 Å². The second-order valence-corrected chi connectivity index (χ2v) is 4.03.